The molecule has 0 aliphatic heterocycles. The van der Waals surface area contributed by atoms with E-state index in [1.165, 1.54) is 10.9 Å². The molecule has 0 aliphatic rings. The van der Waals surface area contributed by atoms with Gasteiger partial charge in [-0.05, 0) is 28.7 Å². The van der Waals surface area contributed by atoms with E-state index in [0.29, 0.717) is 5.88 Å². The van der Waals surface area contributed by atoms with Gasteiger partial charge in [0.15, 0.2) is 0 Å². The molecule has 0 atom stereocenters. The zero-order chi connectivity index (χ0) is 10.1. The van der Waals surface area contributed by atoms with E-state index < -0.39 is 0 Å². The third-order valence-electron chi connectivity index (χ3n) is 2.18. The summed E-state index contributed by atoms with van der Waals surface area (Å²) >= 11 is 9.18. The summed E-state index contributed by atoms with van der Waals surface area (Å²) in [5.74, 6) is 0.554. The van der Waals surface area contributed by atoms with Crippen molar-refractivity contribution in [2.75, 3.05) is 12.0 Å². The van der Waals surface area contributed by atoms with Crippen molar-refractivity contribution >= 4 is 50.5 Å². The molecular formula is C10H10ClNS2. The zero-order valence-corrected chi connectivity index (χ0v) is 10.1. The molecule has 4 heteroatoms. The summed E-state index contributed by atoms with van der Waals surface area (Å²) in [5, 5.41) is 3.28. The highest BCUT2D eigenvalue weighted by molar-refractivity contribution is 7.98. The van der Waals surface area contributed by atoms with Crippen LogP contribution in [0.25, 0.3) is 10.1 Å². The van der Waals surface area contributed by atoms with Crippen molar-refractivity contribution in [3.8, 4) is 0 Å². The number of alkyl halides is 1. The fraction of sp³-hybridized carbons (Fsp3) is 0.200. The normalized spacial score (nSPS) is 11.0. The Balaban J connectivity index is 2.72. The Kier molecular flexibility index (Phi) is 2.91. The van der Waals surface area contributed by atoms with Crippen LogP contribution in [0, 0.1) is 0 Å². The van der Waals surface area contributed by atoms with Crippen LogP contribution in [0.1, 0.15) is 5.56 Å². The summed E-state index contributed by atoms with van der Waals surface area (Å²) in [4.78, 5) is 1.14. The van der Waals surface area contributed by atoms with Crippen molar-refractivity contribution in [2.24, 2.45) is 0 Å². The third-order valence-corrected chi connectivity index (χ3v) is 4.35. The Hall–Kier alpha value is -0.380. The summed E-state index contributed by atoms with van der Waals surface area (Å²) < 4.78 is 1.16. The molecule has 2 aromatic rings. The van der Waals surface area contributed by atoms with Gasteiger partial charge in [-0.15, -0.1) is 34.7 Å². The van der Waals surface area contributed by atoms with Crippen LogP contribution in [0.4, 0.5) is 5.69 Å². The van der Waals surface area contributed by atoms with Gasteiger partial charge >= 0.3 is 0 Å². The predicted molar refractivity (Wildman–Crippen MR) is 67.6 cm³/mol. The number of benzene rings is 1. The highest BCUT2D eigenvalue weighted by atomic mass is 35.5. The van der Waals surface area contributed by atoms with Gasteiger partial charge in [0.25, 0.3) is 0 Å². The van der Waals surface area contributed by atoms with Gasteiger partial charge in [0.05, 0.1) is 10.4 Å². The molecule has 0 unspecified atom stereocenters. The maximum absolute atomic E-state index is 6.04. The second kappa shape index (κ2) is 4.01. The Labute approximate surface area is 96.2 Å². The summed E-state index contributed by atoms with van der Waals surface area (Å²) in [7, 11) is 0. The Morgan fingerprint density at radius 3 is 2.93 bits per heavy atom. The van der Waals surface area contributed by atoms with Gasteiger partial charge in [0.2, 0.25) is 0 Å². The fourth-order valence-electron chi connectivity index (χ4n) is 1.44. The van der Waals surface area contributed by atoms with Crippen molar-refractivity contribution in [1.29, 1.82) is 0 Å². The van der Waals surface area contributed by atoms with Gasteiger partial charge in [-0.3, -0.25) is 0 Å². The lowest BCUT2D eigenvalue weighted by Crippen LogP contribution is -1.88. The van der Waals surface area contributed by atoms with E-state index in [2.05, 4.69) is 17.5 Å². The van der Waals surface area contributed by atoms with Crippen LogP contribution < -0.4 is 5.73 Å². The summed E-state index contributed by atoms with van der Waals surface area (Å²) in [6.45, 7) is 0. The molecule has 0 saturated carbocycles. The molecule has 1 aromatic heterocycles. The third kappa shape index (κ3) is 1.49. The first-order valence-electron chi connectivity index (χ1n) is 4.16. The van der Waals surface area contributed by atoms with Crippen LogP contribution in [-0.2, 0) is 5.88 Å². The van der Waals surface area contributed by atoms with Crippen molar-refractivity contribution in [2.45, 2.75) is 10.8 Å². The molecule has 0 saturated heterocycles. The first-order valence-corrected chi connectivity index (χ1v) is 6.80. The first kappa shape index (κ1) is 10.1. The molecule has 1 heterocycles. The van der Waals surface area contributed by atoms with Crippen molar-refractivity contribution in [3.63, 3.8) is 0 Å². The number of nitrogens with two attached hydrogens (primary N) is 1. The Morgan fingerprint density at radius 1 is 1.50 bits per heavy atom. The molecule has 2 rings (SSSR count). The van der Waals surface area contributed by atoms with Crippen LogP contribution in [-0.4, -0.2) is 6.26 Å². The molecule has 0 fully saturated rings. The predicted octanol–water partition coefficient (Wildman–Crippen LogP) is 3.94. The Morgan fingerprint density at radius 2 is 2.29 bits per heavy atom. The number of nitrogen functional groups attached to an aromatic ring is 1. The number of fused-ring (bicyclic) bond motifs is 1. The monoisotopic (exact) mass is 243 g/mol. The maximum atomic E-state index is 6.04. The van der Waals surface area contributed by atoms with Crippen LogP contribution in [0.5, 0.6) is 0 Å². The van der Waals surface area contributed by atoms with Gasteiger partial charge in [-0.25, -0.2) is 0 Å². The van der Waals surface area contributed by atoms with Gasteiger partial charge in [-0.1, -0.05) is 6.07 Å². The lowest BCUT2D eigenvalue weighted by molar-refractivity contribution is 1.47. The van der Waals surface area contributed by atoms with Gasteiger partial charge in [0.1, 0.15) is 0 Å². The molecule has 1 aromatic carbocycles. The van der Waals surface area contributed by atoms with E-state index in [0.717, 1.165) is 15.3 Å². The maximum Gasteiger partial charge on any atom is 0.0633 e. The molecule has 1 nitrogen and oxygen atoms in total. The van der Waals surface area contributed by atoms with E-state index in [4.69, 9.17) is 17.3 Å². The average Bonchev–Trinajstić information content (AvgIpc) is 2.62. The summed E-state index contributed by atoms with van der Waals surface area (Å²) in [5.41, 5.74) is 8.10. The quantitative estimate of drug-likeness (QED) is 0.491. The minimum atomic E-state index is 0.554. The molecule has 74 valence electrons. The first-order chi connectivity index (χ1) is 6.77. The summed E-state index contributed by atoms with van der Waals surface area (Å²) in [6.07, 6.45) is 2.04. The van der Waals surface area contributed by atoms with Gasteiger partial charge in [-0.2, -0.15) is 0 Å². The molecule has 0 radical (unpaired) electrons. The van der Waals surface area contributed by atoms with E-state index in [1.807, 2.05) is 6.26 Å². The number of halogens is 1. The lowest BCUT2D eigenvalue weighted by atomic mass is 10.2. The number of thioether (sulfide) groups is 1. The molecule has 14 heavy (non-hydrogen) atoms. The van der Waals surface area contributed by atoms with E-state index in [1.54, 1.807) is 23.1 Å². The van der Waals surface area contributed by atoms with E-state index >= 15 is 0 Å². The van der Waals surface area contributed by atoms with Gasteiger partial charge in [0, 0.05) is 10.8 Å². The molecule has 0 amide bonds. The average molecular weight is 244 g/mol. The van der Waals surface area contributed by atoms with Crippen molar-refractivity contribution in [1.82, 2.24) is 0 Å². The second-order valence-electron chi connectivity index (χ2n) is 2.95. The highest BCUT2D eigenvalue weighted by Crippen LogP contribution is 2.36. The number of rotatable bonds is 2. The standard InChI is InChI=1S/C10H10ClNS2/c1-13-8-3-2-7-6(4-11)5-14-10(7)9(8)12/h2-3,5H,4,12H2,1H3. The lowest BCUT2D eigenvalue weighted by Gasteiger charge is -2.03. The smallest absolute Gasteiger partial charge is 0.0633 e. The van der Waals surface area contributed by atoms with Crippen LogP contribution in [0.2, 0.25) is 0 Å². The largest absolute Gasteiger partial charge is 0.397 e. The SMILES string of the molecule is CSc1ccc2c(CCl)csc2c1N. The fourth-order valence-corrected chi connectivity index (χ4v) is 3.37. The molecule has 0 aliphatic carbocycles. The second-order valence-corrected chi connectivity index (χ2v) is 4.95. The van der Waals surface area contributed by atoms with Crippen molar-refractivity contribution < 1.29 is 0 Å². The van der Waals surface area contributed by atoms with Gasteiger partial charge < -0.3 is 5.73 Å². The van der Waals surface area contributed by atoms with Crippen molar-refractivity contribution in [3.05, 3.63) is 23.1 Å². The minimum Gasteiger partial charge on any atom is -0.397 e. The molecular weight excluding hydrogens is 234 g/mol. The number of anilines is 1. The van der Waals surface area contributed by atoms with E-state index in [9.17, 15) is 0 Å². The topological polar surface area (TPSA) is 26.0 Å². The van der Waals surface area contributed by atoms with Crippen LogP contribution in [0.3, 0.4) is 0 Å². The zero-order valence-electron chi connectivity index (χ0n) is 7.71. The minimum absolute atomic E-state index is 0.554. The number of hydrogen-bond acceptors (Lipinski definition) is 3. The van der Waals surface area contributed by atoms with Crippen LogP contribution in [0.15, 0.2) is 22.4 Å². The molecule has 0 spiro atoms. The highest BCUT2D eigenvalue weighted by Gasteiger charge is 2.08. The summed E-state index contributed by atoms with van der Waals surface area (Å²) in [6, 6.07) is 4.16. The Bertz CT molecular complexity index is 464. The molecule has 0 bridgehead atoms. The number of hydrogen-bond donors (Lipinski definition) is 1. The number of thiophene rings is 1. The van der Waals surface area contributed by atoms with E-state index in [-0.39, 0.29) is 0 Å². The molecule has 2 N–H and O–H groups in total. The van der Waals surface area contributed by atoms with Crippen LogP contribution >= 0.6 is 34.7 Å².